The fraction of sp³-hybridized carbons (Fsp3) is 0.273. The Hall–Kier alpha value is -1.82. The zero-order valence-electron chi connectivity index (χ0n) is 7.73. The molecule has 0 atom stereocenters. The van der Waals surface area contributed by atoms with E-state index in [0.29, 0.717) is 12.0 Å². The summed E-state index contributed by atoms with van der Waals surface area (Å²) in [7, 11) is 0. The van der Waals surface area contributed by atoms with Gasteiger partial charge in [-0.25, -0.2) is 0 Å². The molecule has 14 heavy (non-hydrogen) atoms. The number of Topliss-reactive ketones (excluding diaryl/α,β-unsaturated/α-hetero) is 1. The van der Waals surface area contributed by atoms with Crippen molar-refractivity contribution in [3.05, 3.63) is 35.7 Å². The Balaban J connectivity index is 2.50. The summed E-state index contributed by atoms with van der Waals surface area (Å²) in [6.45, 7) is 0.813. The van der Waals surface area contributed by atoms with Crippen molar-refractivity contribution >= 4 is 5.78 Å². The number of hydrogen-bond acceptors (Lipinski definition) is 3. The number of nitriles is 1. The van der Waals surface area contributed by atoms with E-state index in [1.807, 2.05) is 35.4 Å². The summed E-state index contributed by atoms with van der Waals surface area (Å²) in [5.74, 6) is -0.0371. The highest BCUT2D eigenvalue weighted by Gasteiger charge is 2.21. The first-order valence-corrected chi connectivity index (χ1v) is 4.62. The van der Waals surface area contributed by atoms with E-state index in [1.54, 1.807) is 0 Å². The van der Waals surface area contributed by atoms with Crippen molar-refractivity contribution in [1.29, 1.82) is 5.26 Å². The Kier molecular flexibility index (Phi) is 2.19. The second-order valence-electron chi connectivity index (χ2n) is 3.29. The van der Waals surface area contributed by atoms with Gasteiger partial charge in [-0.3, -0.25) is 4.79 Å². The van der Waals surface area contributed by atoms with Crippen LogP contribution in [0.4, 0.5) is 0 Å². The van der Waals surface area contributed by atoms with Crippen molar-refractivity contribution in [2.45, 2.75) is 12.8 Å². The van der Waals surface area contributed by atoms with Crippen LogP contribution in [0.1, 0.15) is 12.8 Å². The summed E-state index contributed by atoms with van der Waals surface area (Å²) in [5.41, 5.74) is 1.04. The molecule has 0 N–H and O–H groups in total. The summed E-state index contributed by atoms with van der Waals surface area (Å²) in [5, 5.41) is 8.91. The van der Waals surface area contributed by atoms with E-state index in [1.165, 1.54) is 0 Å². The van der Waals surface area contributed by atoms with Gasteiger partial charge in [-0.2, -0.15) is 5.26 Å². The second kappa shape index (κ2) is 3.51. The monoisotopic (exact) mass is 186 g/mol. The summed E-state index contributed by atoms with van der Waals surface area (Å²) >= 11 is 0. The van der Waals surface area contributed by atoms with Gasteiger partial charge in [0.2, 0.25) is 0 Å². The van der Waals surface area contributed by atoms with Crippen molar-refractivity contribution in [2.75, 3.05) is 6.54 Å². The molecule has 3 heteroatoms. The van der Waals surface area contributed by atoms with E-state index in [0.717, 1.165) is 18.7 Å². The number of fused-ring (bicyclic) bond motifs is 1. The maximum absolute atomic E-state index is 11.5. The van der Waals surface area contributed by atoms with Gasteiger partial charge in [0.15, 0.2) is 5.78 Å². The number of hydrogen-bond donors (Lipinski definition) is 0. The van der Waals surface area contributed by atoms with E-state index >= 15 is 0 Å². The Bertz CT molecular complexity index is 396. The molecule has 2 aliphatic rings. The molecule has 70 valence electrons. The van der Waals surface area contributed by atoms with Crippen LogP contribution in [0.2, 0.25) is 0 Å². The molecule has 0 aromatic heterocycles. The first kappa shape index (κ1) is 8.76. The third kappa shape index (κ3) is 1.35. The Morgan fingerprint density at radius 3 is 3.07 bits per heavy atom. The van der Waals surface area contributed by atoms with E-state index in [9.17, 15) is 4.79 Å². The molecule has 0 radical (unpaired) electrons. The largest absolute Gasteiger partial charge is 0.347 e. The predicted molar refractivity (Wildman–Crippen MR) is 51.9 cm³/mol. The topological polar surface area (TPSA) is 44.1 Å². The fourth-order valence-electron chi connectivity index (χ4n) is 1.70. The van der Waals surface area contributed by atoms with Crippen molar-refractivity contribution in [1.82, 2.24) is 4.90 Å². The smallest absolute Gasteiger partial charge is 0.175 e. The van der Waals surface area contributed by atoms with Crippen LogP contribution < -0.4 is 0 Å². The molecule has 0 aliphatic carbocycles. The predicted octanol–water partition coefficient (Wildman–Crippen LogP) is 1.51. The fourth-order valence-corrected chi connectivity index (χ4v) is 1.70. The molecular formula is C11H10N2O. The standard InChI is InChI=1S/C11H10N2O/c12-8-9-10-4-1-2-6-13(10)7-3-5-11(9)14/h1-2,4,6H,3,5,7H2. The molecule has 0 unspecified atom stereocenters. The number of nitrogens with zero attached hydrogens (tertiary/aromatic N) is 2. The minimum atomic E-state index is -0.0371. The molecule has 0 saturated heterocycles. The number of rotatable bonds is 0. The first-order valence-electron chi connectivity index (χ1n) is 4.62. The van der Waals surface area contributed by atoms with Gasteiger partial charge >= 0.3 is 0 Å². The van der Waals surface area contributed by atoms with E-state index < -0.39 is 0 Å². The summed E-state index contributed by atoms with van der Waals surface area (Å²) in [6, 6.07) is 2.00. The van der Waals surface area contributed by atoms with Gasteiger partial charge in [-0.1, -0.05) is 6.08 Å². The average molecular weight is 186 g/mol. The minimum absolute atomic E-state index is 0.0371. The highest BCUT2D eigenvalue weighted by molar-refractivity contribution is 6.00. The molecule has 0 aromatic rings. The SMILES string of the molecule is N#CC1=C2C=CC=CN2CCCC1=O. The van der Waals surface area contributed by atoms with Crippen LogP contribution >= 0.6 is 0 Å². The molecule has 0 spiro atoms. The minimum Gasteiger partial charge on any atom is -0.347 e. The van der Waals surface area contributed by atoms with Gasteiger partial charge in [0.1, 0.15) is 11.6 Å². The summed E-state index contributed by atoms with van der Waals surface area (Å²) in [4.78, 5) is 13.5. The first-order chi connectivity index (χ1) is 6.83. The van der Waals surface area contributed by atoms with Crippen LogP contribution in [-0.2, 0) is 4.79 Å². The lowest BCUT2D eigenvalue weighted by molar-refractivity contribution is -0.115. The number of allylic oxidation sites excluding steroid dienone is 4. The maximum atomic E-state index is 11.5. The zero-order valence-corrected chi connectivity index (χ0v) is 7.73. The lowest BCUT2D eigenvalue weighted by atomic mass is 10.1. The van der Waals surface area contributed by atoms with E-state index in [-0.39, 0.29) is 5.78 Å². The van der Waals surface area contributed by atoms with Gasteiger partial charge < -0.3 is 4.90 Å². The van der Waals surface area contributed by atoms with Gasteiger partial charge in [-0.05, 0) is 18.6 Å². The Morgan fingerprint density at radius 2 is 2.29 bits per heavy atom. The van der Waals surface area contributed by atoms with Crippen LogP contribution in [0.25, 0.3) is 0 Å². The highest BCUT2D eigenvalue weighted by atomic mass is 16.1. The van der Waals surface area contributed by atoms with Crippen molar-refractivity contribution in [2.24, 2.45) is 0 Å². The summed E-state index contributed by atoms with van der Waals surface area (Å²) < 4.78 is 0. The van der Waals surface area contributed by atoms with E-state index in [4.69, 9.17) is 5.26 Å². The van der Waals surface area contributed by atoms with Crippen molar-refractivity contribution < 1.29 is 4.79 Å². The number of carbonyl (C=O) groups is 1. The molecule has 2 aliphatic heterocycles. The van der Waals surface area contributed by atoms with E-state index in [2.05, 4.69) is 0 Å². The lowest BCUT2D eigenvalue weighted by Crippen LogP contribution is -2.18. The lowest BCUT2D eigenvalue weighted by Gasteiger charge is -2.21. The van der Waals surface area contributed by atoms with Crippen LogP contribution in [0.3, 0.4) is 0 Å². The van der Waals surface area contributed by atoms with Crippen molar-refractivity contribution in [3.8, 4) is 6.07 Å². The number of carbonyl (C=O) groups excluding carboxylic acids is 1. The molecule has 3 nitrogen and oxygen atoms in total. The molecule has 2 heterocycles. The Morgan fingerprint density at radius 1 is 1.43 bits per heavy atom. The van der Waals surface area contributed by atoms with Gasteiger partial charge in [0.25, 0.3) is 0 Å². The summed E-state index contributed by atoms with van der Waals surface area (Å²) in [6.07, 6.45) is 8.78. The maximum Gasteiger partial charge on any atom is 0.175 e. The zero-order chi connectivity index (χ0) is 9.97. The van der Waals surface area contributed by atoms with Gasteiger partial charge in [-0.15, -0.1) is 0 Å². The van der Waals surface area contributed by atoms with Gasteiger partial charge in [0.05, 0.1) is 5.70 Å². The molecular weight excluding hydrogens is 176 g/mol. The third-order valence-electron chi connectivity index (χ3n) is 2.39. The molecule has 0 aromatic carbocycles. The second-order valence-corrected chi connectivity index (χ2v) is 3.29. The van der Waals surface area contributed by atoms with Gasteiger partial charge in [0, 0.05) is 19.2 Å². The Labute approximate surface area is 82.6 Å². The average Bonchev–Trinajstić information content (AvgIpc) is 2.36. The molecule has 0 fully saturated rings. The van der Waals surface area contributed by atoms with Crippen LogP contribution in [-0.4, -0.2) is 17.2 Å². The van der Waals surface area contributed by atoms with Crippen LogP contribution in [0, 0.1) is 11.3 Å². The normalized spacial score (nSPS) is 20.5. The van der Waals surface area contributed by atoms with Crippen molar-refractivity contribution in [3.63, 3.8) is 0 Å². The van der Waals surface area contributed by atoms with Crippen LogP contribution in [0.15, 0.2) is 35.7 Å². The molecule has 0 saturated carbocycles. The molecule has 0 amide bonds. The third-order valence-corrected chi connectivity index (χ3v) is 2.39. The molecule has 2 rings (SSSR count). The quantitative estimate of drug-likeness (QED) is 0.576. The molecule has 0 bridgehead atoms. The number of ketones is 1. The highest BCUT2D eigenvalue weighted by Crippen LogP contribution is 2.22. The van der Waals surface area contributed by atoms with Crippen LogP contribution in [0.5, 0.6) is 0 Å².